The van der Waals surface area contributed by atoms with Gasteiger partial charge in [-0.05, 0) is 26.2 Å². The van der Waals surface area contributed by atoms with Crippen molar-refractivity contribution in [2.75, 3.05) is 21.1 Å². The van der Waals surface area contributed by atoms with E-state index in [9.17, 15) is 0 Å². The number of hydrogen-bond donors (Lipinski definition) is 3. The molecule has 3 nitrogen and oxygen atoms in total. The minimum atomic E-state index is -0.170. The first-order valence-electron chi connectivity index (χ1n) is 4.21. The lowest BCUT2D eigenvalue weighted by Gasteiger charge is -2.30. The van der Waals surface area contributed by atoms with E-state index in [1.54, 1.807) is 0 Å². The smallest absolute Gasteiger partial charge is 0.109 e. The monoisotopic (exact) mass is 167 g/mol. The van der Waals surface area contributed by atoms with E-state index in [1.165, 1.54) is 5.70 Å². The molecule has 68 valence electrons. The molecule has 0 aliphatic heterocycles. The summed E-state index contributed by atoms with van der Waals surface area (Å²) in [6.07, 6.45) is 7.43. The molecule has 0 radical (unpaired) electrons. The van der Waals surface area contributed by atoms with Gasteiger partial charge in [-0.25, -0.2) is 0 Å². The highest BCUT2D eigenvalue weighted by molar-refractivity contribution is 5.26. The summed E-state index contributed by atoms with van der Waals surface area (Å²) in [6, 6.07) is 0. The minimum absolute atomic E-state index is 0.170. The molecule has 1 aliphatic carbocycles. The average molecular weight is 167 g/mol. The first-order chi connectivity index (χ1) is 5.76. The first kappa shape index (κ1) is 9.29. The second kappa shape index (κ2) is 3.74. The molecule has 0 amide bonds. The van der Waals surface area contributed by atoms with Gasteiger partial charge in [-0.1, -0.05) is 6.08 Å². The van der Waals surface area contributed by atoms with Crippen LogP contribution in [0.4, 0.5) is 0 Å². The van der Waals surface area contributed by atoms with Crippen LogP contribution in [0.25, 0.3) is 0 Å². The molecular weight excluding hydrogens is 150 g/mol. The molecule has 0 unspecified atom stereocenters. The van der Waals surface area contributed by atoms with Gasteiger partial charge in [-0.15, -0.1) is 0 Å². The highest BCUT2D eigenvalue weighted by Gasteiger charge is 2.22. The highest BCUT2D eigenvalue weighted by Crippen LogP contribution is 2.15. The van der Waals surface area contributed by atoms with Gasteiger partial charge in [0.25, 0.3) is 0 Å². The lowest BCUT2D eigenvalue weighted by atomic mass is 10.0. The number of allylic oxidation sites excluding steroid dienone is 1. The van der Waals surface area contributed by atoms with Gasteiger partial charge in [-0.2, -0.15) is 0 Å². The topological polar surface area (TPSA) is 36.1 Å². The summed E-state index contributed by atoms with van der Waals surface area (Å²) in [4.78, 5) is 0. The molecule has 0 aromatic heterocycles. The van der Waals surface area contributed by atoms with Crippen LogP contribution in [0.1, 0.15) is 6.42 Å². The standard InChI is InChI=1S/C9H17N3/c1-10-8-5-4-6-9(7-8,11-2)12-3/h4,6-7,10-12H,5H2,1-3H3. The average Bonchev–Trinajstić information content (AvgIpc) is 2.18. The van der Waals surface area contributed by atoms with Crippen LogP contribution in [0.2, 0.25) is 0 Å². The number of rotatable bonds is 3. The summed E-state index contributed by atoms with van der Waals surface area (Å²) in [6.45, 7) is 0. The van der Waals surface area contributed by atoms with E-state index in [1.807, 2.05) is 21.1 Å². The Labute approximate surface area is 73.9 Å². The molecule has 3 N–H and O–H groups in total. The maximum Gasteiger partial charge on any atom is 0.109 e. The minimum Gasteiger partial charge on any atom is -0.391 e. The molecular formula is C9H17N3. The molecule has 0 atom stereocenters. The second-order valence-corrected chi connectivity index (χ2v) is 2.90. The fourth-order valence-electron chi connectivity index (χ4n) is 1.36. The highest BCUT2D eigenvalue weighted by atomic mass is 15.2. The van der Waals surface area contributed by atoms with Crippen LogP contribution >= 0.6 is 0 Å². The SMILES string of the molecule is CNC1=CC(NC)(NC)C=CC1. The third kappa shape index (κ3) is 1.68. The van der Waals surface area contributed by atoms with Gasteiger partial charge in [0.2, 0.25) is 0 Å². The maximum atomic E-state index is 3.22. The third-order valence-corrected chi connectivity index (χ3v) is 2.27. The largest absolute Gasteiger partial charge is 0.391 e. The molecule has 3 heteroatoms. The van der Waals surface area contributed by atoms with E-state index in [0.29, 0.717) is 0 Å². The van der Waals surface area contributed by atoms with Crippen LogP contribution < -0.4 is 16.0 Å². The van der Waals surface area contributed by atoms with E-state index >= 15 is 0 Å². The fraction of sp³-hybridized carbons (Fsp3) is 0.556. The lowest BCUT2D eigenvalue weighted by Crippen LogP contribution is -2.51. The zero-order valence-corrected chi connectivity index (χ0v) is 7.94. The molecule has 0 saturated carbocycles. The van der Waals surface area contributed by atoms with Gasteiger partial charge in [0.15, 0.2) is 0 Å². The molecule has 12 heavy (non-hydrogen) atoms. The Morgan fingerprint density at radius 3 is 2.42 bits per heavy atom. The van der Waals surface area contributed by atoms with E-state index in [2.05, 4.69) is 34.2 Å². The molecule has 1 aliphatic rings. The Kier molecular flexibility index (Phi) is 2.89. The summed E-state index contributed by atoms with van der Waals surface area (Å²) >= 11 is 0. The predicted molar refractivity (Wildman–Crippen MR) is 51.8 cm³/mol. The maximum absolute atomic E-state index is 3.22. The van der Waals surface area contributed by atoms with Crippen molar-refractivity contribution < 1.29 is 0 Å². The molecule has 0 spiro atoms. The lowest BCUT2D eigenvalue weighted by molar-refractivity contribution is 0.453. The predicted octanol–water partition coefficient (Wildman–Crippen LogP) is 0.185. The molecule has 0 heterocycles. The Bertz CT molecular complexity index is 202. The number of nitrogens with one attached hydrogen (secondary N) is 3. The van der Waals surface area contributed by atoms with Crippen molar-refractivity contribution in [1.82, 2.24) is 16.0 Å². The van der Waals surface area contributed by atoms with Crippen LogP contribution in [0.15, 0.2) is 23.9 Å². The first-order valence-corrected chi connectivity index (χ1v) is 4.21. The Hall–Kier alpha value is -0.800. The normalized spacial score (nSPS) is 20.4. The third-order valence-electron chi connectivity index (χ3n) is 2.27. The summed E-state index contributed by atoms with van der Waals surface area (Å²) in [5.41, 5.74) is 1.07. The van der Waals surface area contributed by atoms with Crippen molar-refractivity contribution in [1.29, 1.82) is 0 Å². The van der Waals surface area contributed by atoms with Gasteiger partial charge in [0.1, 0.15) is 5.66 Å². The summed E-state index contributed by atoms with van der Waals surface area (Å²) in [5.74, 6) is 0. The van der Waals surface area contributed by atoms with Gasteiger partial charge in [0.05, 0.1) is 0 Å². The van der Waals surface area contributed by atoms with E-state index in [0.717, 1.165) is 6.42 Å². The van der Waals surface area contributed by atoms with Crippen molar-refractivity contribution in [3.05, 3.63) is 23.9 Å². The van der Waals surface area contributed by atoms with Crippen LogP contribution in [-0.4, -0.2) is 26.8 Å². The van der Waals surface area contributed by atoms with Gasteiger partial charge >= 0.3 is 0 Å². The van der Waals surface area contributed by atoms with E-state index < -0.39 is 0 Å². The molecule has 0 aromatic carbocycles. The van der Waals surface area contributed by atoms with Crippen molar-refractivity contribution in [2.45, 2.75) is 12.1 Å². The van der Waals surface area contributed by atoms with Gasteiger partial charge in [-0.3, -0.25) is 10.6 Å². The summed E-state index contributed by atoms with van der Waals surface area (Å²) in [7, 11) is 5.83. The van der Waals surface area contributed by atoms with Crippen LogP contribution in [-0.2, 0) is 0 Å². The summed E-state index contributed by atoms with van der Waals surface area (Å²) < 4.78 is 0. The Morgan fingerprint density at radius 2 is 1.92 bits per heavy atom. The second-order valence-electron chi connectivity index (χ2n) is 2.90. The molecule has 1 rings (SSSR count). The van der Waals surface area contributed by atoms with E-state index in [-0.39, 0.29) is 5.66 Å². The van der Waals surface area contributed by atoms with Crippen molar-refractivity contribution in [2.24, 2.45) is 0 Å². The van der Waals surface area contributed by atoms with E-state index in [4.69, 9.17) is 0 Å². The van der Waals surface area contributed by atoms with Crippen LogP contribution in [0.3, 0.4) is 0 Å². The zero-order valence-electron chi connectivity index (χ0n) is 7.94. The quantitative estimate of drug-likeness (QED) is 0.415. The fourth-order valence-corrected chi connectivity index (χ4v) is 1.36. The van der Waals surface area contributed by atoms with Crippen LogP contribution in [0, 0.1) is 0 Å². The van der Waals surface area contributed by atoms with Crippen molar-refractivity contribution in [3.8, 4) is 0 Å². The number of hydrogen-bond acceptors (Lipinski definition) is 3. The van der Waals surface area contributed by atoms with Crippen molar-refractivity contribution in [3.63, 3.8) is 0 Å². The van der Waals surface area contributed by atoms with Crippen LogP contribution in [0.5, 0.6) is 0 Å². The van der Waals surface area contributed by atoms with Gasteiger partial charge < -0.3 is 5.32 Å². The number of likely N-dealkylation sites (N-methyl/N-ethyl adjacent to an activating group) is 2. The van der Waals surface area contributed by atoms with Crippen molar-refractivity contribution >= 4 is 0 Å². The molecule has 0 fully saturated rings. The Morgan fingerprint density at radius 1 is 1.25 bits per heavy atom. The Balaban J connectivity index is 2.81. The zero-order chi connectivity index (χ0) is 9.03. The summed E-state index contributed by atoms with van der Waals surface area (Å²) in [5, 5.41) is 9.59. The molecule has 0 aromatic rings. The molecule has 0 bridgehead atoms. The molecule has 0 saturated heterocycles. The van der Waals surface area contributed by atoms with Gasteiger partial charge in [0, 0.05) is 19.2 Å².